The van der Waals surface area contributed by atoms with Crippen molar-refractivity contribution >= 4 is 11.8 Å². The summed E-state index contributed by atoms with van der Waals surface area (Å²) in [6.45, 7) is 4.02. The van der Waals surface area contributed by atoms with Crippen LogP contribution in [-0.2, 0) is 19.9 Å². The highest BCUT2D eigenvalue weighted by atomic mass is 16.2. The van der Waals surface area contributed by atoms with Gasteiger partial charge in [0.15, 0.2) is 0 Å². The van der Waals surface area contributed by atoms with Gasteiger partial charge in [-0.3, -0.25) is 19.3 Å². The Hall–Kier alpha value is -2.74. The third-order valence-electron chi connectivity index (χ3n) is 7.20. The Morgan fingerprint density at radius 2 is 1.72 bits per heavy atom. The van der Waals surface area contributed by atoms with Gasteiger partial charge in [0.25, 0.3) is 11.8 Å². The Bertz CT molecular complexity index is 1010. The molecule has 170 valence electrons. The van der Waals surface area contributed by atoms with Crippen LogP contribution in [0.2, 0.25) is 0 Å². The average Bonchev–Trinajstić information content (AvgIpc) is 3.43. The van der Waals surface area contributed by atoms with Crippen LogP contribution < -0.4 is 0 Å². The van der Waals surface area contributed by atoms with Gasteiger partial charge in [0.1, 0.15) is 5.69 Å². The van der Waals surface area contributed by atoms with Gasteiger partial charge < -0.3 is 14.7 Å². The fourth-order valence-electron chi connectivity index (χ4n) is 5.32. The Morgan fingerprint density at radius 3 is 2.47 bits per heavy atom. The molecule has 2 amide bonds. The number of hydrogen-bond donors (Lipinski definition) is 0. The monoisotopic (exact) mass is 436 g/mol. The van der Waals surface area contributed by atoms with E-state index < -0.39 is 0 Å². The van der Waals surface area contributed by atoms with E-state index in [1.54, 1.807) is 10.9 Å². The number of likely N-dealkylation sites (tertiary alicyclic amines) is 1. The van der Waals surface area contributed by atoms with Crippen molar-refractivity contribution in [2.24, 2.45) is 7.05 Å². The van der Waals surface area contributed by atoms with Crippen molar-refractivity contribution in [3.63, 3.8) is 0 Å². The van der Waals surface area contributed by atoms with E-state index in [4.69, 9.17) is 0 Å². The van der Waals surface area contributed by atoms with E-state index >= 15 is 0 Å². The lowest BCUT2D eigenvalue weighted by Gasteiger charge is -2.32. The Labute approximate surface area is 189 Å². The van der Waals surface area contributed by atoms with E-state index in [1.165, 1.54) is 0 Å². The van der Waals surface area contributed by atoms with Gasteiger partial charge in [0.05, 0.1) is 23.0 Å². The maximum atomic E-state index is 13.6. The summed E-state index contributed by atoms with van der Waals surface area (Å²) in [7, 11) is 3.96. The number of aromatic nitrogens is 3. The minimum Gasteiger partial charge on any atom is -0.336 e. The summed E-state index contributed by atoms with van der Waals surface area (Å²) < 4.78 is 1.78. The average molecular weight is 437 g/mol. The third-order valence-corrected chi connectivity index (χ3v) is 7.20. The molecule has 0 radical (unpaired) electrons. The number of carbonyl (C=O) groups excluding carboxylic acids is 2. The maximum absolute atomic E-state index is 13.6. The summed E-state index contributed by atoms with van der Waals surface area (Å²) in [5.41, 5.74) is 4.45. The molecule has 0 N–H and O–H groups in total. The zero-order valence-electron chi connectivity index (χ0n) is 19.1. The van der Waals surface area contributed by atoms with Crippen molar-refractivity contribution in [1.29, 1.82) is 0 Å². The van der Waals surface area contributed by atoms with Crippen molar-refractivity contribution in [1.82, 2.24) is 29.5 Å². The molecular weight excluding hydrogens is 404 g/mol. The first-order valence-electron chi connectivity index (χ1n) is 11.8. The number of aryl methyl sites for hydroxylation is 2. The van der Waals surface area contributed by atoms with Gasteiger partial charge in [-0.15, -0.1) is 0 Å². The highest BCUT2D eigenvalue weighted by molar-refractivity contribution is 5.95. The van der Waals surface area contributed by atoms with Crippen molar-refractivity contribution < 1.29 is 9.59 Å². The minimum atomic E-state index is -0.0515. The van der Waals surface area contributed by atoms with Crippen LogP contribution in [0.25, 0.3) is 0 Å². The topological polar surface area (TPSA) is 74.6 Å². The number of hydrogen-bond acceptors (Lipinski definition) is 5. The smallest absolute Gasteiger partial charge is 0.272 e. The van der Waals surface area contributed by atoms with Crippen molar-refractivity contribution in [2.75, 3.05) is 39.8 Å². The maximum Gasteiger partial charge on any atom is 0.272 e. The molecule has 8 nitrogen and oxygen atoms in total. The fraction of sp³-hybridized carbons (Fsp3) is 0.583. The zero-order valence-corrected chi connectivity index (χ0v) is 19.1. The number of carbonyl (C=O) groups is 2. The minimum absolute atomic E-state index is 0.0398. The lowest BCUT2D eigenvalue weighted by Crippen LogP contribution is -2.47. The molecule has 2 aromatic rings. The molecule has 4 heterocycles. The van der Waals surface area contributed by atoms with Gasteiger partial charge in [-0.25, -0.2) is 0 Å². The predicted molar refractivity (Wildman–Crippen MR) is 120 cm³/mol. The van der Waals surface area contributed by atoms with Gasteiger partial charge in [0, 0.05) is 51.5 Å². The number of piperazine rings is 1. The second-order valence-corrected chi connectivity index (χ2v) is 9.33. The van der Waals surface area contributed by atoms with E-state index in [0.29, 0.717) is 5.56 Å². The molecule has 32 heavy (non-hydrogen) atoms. The van der Waals surface area contributed by atoms with Gasteiger partial charge in [-0.05, 0) is 57.7 Å². The van der Waals surface area contributed by atoms with E-state index in [0.717, 1.165) is 93.9 Å². The molecule has 8 heteroatoms. The normalized spacial score (nSPS) is 21.6. The molecule has 2 aliphatic heterocycles. The lowest BCUT2D eigenvalue weighted by molar-refractivity contribution is 0.0661. The summed E-state index contributed by atoms with van der Waals surface area (Å²) in [5.74, 6) is 0.100. The number of amides is 2. The molecule has 0 bridgehead atoms. The predicted octanol–water partition coefficient (Wildman–Crippen LogP) is 2.06. The third kappa shape index (κ3) is 3.81. The highest BCUT2D eigenvalue weighted by Gasteiger charge is 2.35. The van der Waals surface area contributed by atoms with Crippen molar-refractivity contribution in [2.45, 2.75) is 44.6 Å². The standard InChI is InChI=1S/C24H32N6O2/c1-27-12-14-29(15-13-27)23(31)17-9-10-20(25-16-17)21-8-5-11-30(21)24(32)22-18-6-3-4-7-19(18)26-28(22)2/h9-10,16,21H,3-8,11-15H2,1-2H3/t21-/m1/s1. The number of nitrogens with zero attached hydrogens (tertiary/aromatic N) is 6. The van der Waals surface area contributed by atoms with E-state index in [9.17, 15) is 9.59 Å². The van der Waals surface area contributed by atoms with Gasteiger partial charge in [-0.2, -0.15) is 5.10 Å². The number of likely N-dealkylation sites (N-methyl/N-ethyl adjacent to an activating group) is 1. The second kappa shape index (κ2) is 8.65. The zero-order chi connectivity index (χ0) is 22.2. The molecule has 2 saturated heterocycles. The Balaban J connectivity index is 1.33. The van der Waals surface area contributed by atoms with Crippen molar-refractivity contribution in [3.05, 3.63) is 46.5 Å². The molecule has 3 aliphatic rings. The number of rotatable bonds is 3. The molecular formula is C24H32N6O2. The van der Waals surface area contributed by atoms with Crippen molar-refractivity contribution in [3.8, 4) is 0 Å². The summed E-state index contributed by atoms with van der Waals surface area (Å²) in [6, 6.07) is 3.75. The quantitative estimate of drug-likeness (QED) is 0.736. The van der Waals surface area contributed by atoms with E-state index in [1.807, 2.05) is 29.0 Å². The van der Waals surface area contributed by atoms with Crippen LogP contribution in [-0.4, -0.2) is 81.1 Å². The van der Waals surface area contributed by atoms with Crippen LogP contribution >= 0.6 is 0 Å². The second-order valence-electron chi connectivity index (χ2n) is 9.33. The summed E-state index contributed by atoms with van der Waals surface area (Å²) in [4.78, 5) is 37.1. The van der Waals surface area contributed by atoms with E-state index in [2.05, 4.69) is 22.0 Å². The summed E-state index contributed by atoms with van der Waals surface area (Å²) in [5, 5.41) is 4.63. The molecule has 5 rings (SSSR count). The molecule has 0 unspecified atom stereocenters. The molecule has 2 aromatic heterocycles. The first kappa shape index (κ1) is 21.1. The fourth-order valence-corrected chi connectivity index (χ4v) is 5.32. The first-order valence-corrected chi connectivity index (χ1v) is 11.8. The van der Waals surface area contributed by atoms with Crippen LogP contribution in [0.3, 0.4) is 0 Å². The van der Waals surface area contributed by atoms with Gasteiger partial charge >= 0.3 is 0 Å². The molecule has 0 saturated carbocycles. The number of pyridine rings is 1. The van der Waals surface area contributed by atoms with Crippen LogP contribution in [0.1, 0.15) is 69.5 Å². The van der Waals surface area contributed by atoms with E-state index in [-0.39, 0.29) is 17.9 Å². The molecule has 2 fully saturated rings. The van der Waals surface area contributed by atoms with Crippen LogP contribution in [0.4, 0.5) is 0 Å². The Kier molecular flexibility index (Phi) is 5.71. The largest absolute Gasteiger partial charge is 0.336 e. The lowest BCUT2D eigenvalue weighted by atomic mass is 9.95. The first-order chi connectivity index (χ1) is 15.5. The van der Waals surface area contributed by atoms with Gasteiger partial charge in [-0.1, -0.05) is 0 Å². The molecule has 0 aromatic carbocycles. The Morgan fingerprint density at radius 1 is 0.938 bits per heavy atom. The highest BCUT2D eigenvalue weighted by Crippen LogP contribution is 2.34. The van der Waals surface area contributed by atoms with Crippen LogP contribution in [0, 0.1) is 0 Å². The summed E-state index contributed by atoms with van der Waals surface area (Å²) >= 11 is 0. The molecule has 0 spiro atoms. The van der Waals surface area contributed by atoms with Crippen LogP contribution in [0.5, 0.6) is 0 Å². The molecule has 1 aliphatic carbocycles. The van der Waals surface area contributed by atoms with Crippen LogP contribution in [0.15, 0.2) is 18.3 Å². The molecule has 1 atom stereocenters. The summed E-state index contributed by atoms with van der Waals surface area (Å²) in [6.07, 6.45) is 7.70. The SMILES string of the molecule is CN1CCN(C(=O)c2ccc([C@H]3CCCN3C(=O)c3c4c(nn3C)CCCC4)nc2)CC1. The number of fused-ring (bicyclic) bond motifs is 1. The van der Waals surface area contributed by atoms with Gasteiger partial charge in [0.2, 0.25) is 0 Å².